The van der Waals surface area contributed by atoms with Gasteiger partial charge in [-0.2, -0.15) is 0 Å². The topological polar surface area (TPSA) is 26.0 Å². The average molecular weight is 305 g/mol. The van der Waals surface area contributed by atoms with Crippen LogP contribution in [0.1, 0.15) is 6.92 Å². The Bertz CT molecular complexity index is 685. The standard InChI is InChI=1S/C20H20NP/c1-17(21)22(18-11-5-2-6-12-18,19-13-7-3-8-14-19)20-15-9-4-10-16-20/h2-16H,21H2,1H3. The van der Waals surface area contributed by atoms with Crippen LogP contribution in [0.3, 0.4) is 0 Å². The number of rotatable bonds is 3. The first-order valence-electron chi connectivity index (χ1n) is 7.42. The summed E-state index contributed by atoms with van der Waals surface area (Å²) in [7, 11) is 0. The maximum atomic E-state index is 6.53. The highest BCUT2D eigenvalue weighted by molar-refractivity contribution is 7.95. The van der Waals surface area contributed by atoms with Crippen molar-refractivity contribution in [1.82, 2.24) is 0 Å². The van der Waals surface area contributed by atoms with Gasteiger partial charge in [0, 0.05) is 0 Å². The van der Waals surface area contributed by atoms with E-state index in [-0.39, 0.29) is 0 Å². The summed E-state index contributed by atoms with van der Waals surface area (Å²) in [5, 5.41) is 3.90. The monoisotopic (exact) mass is 305 g/mol. The van der Waals surface area contributed by atoms with E-state index in [0.29, 0.717) is 0 Å². The molecule has 3 aromatic carbocycles. The molecule has 0 aromatic heterocycles. The van der Waals surface area contributed by atoms with Gasteiger partial charge in [0.1, 0.15) is 0 Å². The highest BCUT2D eigenvalue weighted by atomic mass is 31.2. The summed E-state index contributed by atoms with van der Waals surface area (Å²) in [5.74, 6) is 0. The molecule has 3 aromatic rings. The van der Waals surface area contributed by atoms with Crippen LogP contribution in [0, 0.1) is 0 Å². The third kappa shape index (κ3) is 2.43. The lowest BCUT2D eigenvalue weighted by Crippen LogP contribution is -2.32. The van der Waals surface area contributed by atoms with Gasteiger partial charge in [0.15, 0.2) is 0 Å². The Labute approximate surface area is 132 Å². The molecule has 2 N–H and O–H groups in total. The van der Waals surface area contributed by atoms with Crippen LogP contribution in [0.5, 0.6) is 0 Å². The summed E-state index contributed by atoms with van der Waals surface area (Å²) >= 11 is 0. The molecule has 0 bridgehead atoms. The largest absolute Gasteiger partial charge is 0.305 e. The van der Waals surface area contributed by atoms with Crippen LogP contribution in [0.25, 0.3) is 0 Å². The summed E-state index contributed by atoms with van der Waals surface area (Å²) in [6.07, 6.45) is 0. The molecule has 0 aliphatic heterocycles. The van der Waals surface area contributed by atoms with Crippen LogP contribution in [-0.4, -0.2) is 5.42 Å². The van der Waals surface area contributed by atoms with Crippen molar-refractivity contribution in [1.29, 1.82) is 0 Å². The number of benzene rings is 3. The highest BCUT2D eigenvalue weighted by Gasteiger charge is 2.26. The molecule has 0 aliphatic carbocycles. The molecule has 22 heavy (non-hydrogen) atoms. The first-order chi connectivity index (χ1) is 10.8. The van der Waals surface area contributed by atoms with Crippen molar-refractivity contribution in [3.63, 3.8) is 0 Å². The Kier molecular flexibility index (Phi) is 4.29. The van der Waals surface area contributed by atoms with Crippen LogP contribution in [0.2, 0.25) is 0 Å². The Morgan fingerprint density at radius 2 is 0.864 bits per heavy atom. The Morgan fingerprint density at radius 1 is 0.591 bits per heavy atom. The first-order valence-corrected chi connectivity index (χ1v) is 9.20. The van der Waals surface area contributed by atoms with Crippen LogP contribution >= 0.6 is 6.89 Å². The van der Waals surface area contributed by atoms with Crippen molar-refractivity contribution < 1.29 is 0 Å². The predicted molar refractivity (Wildman–Crippen MR) is 100 cm³/mol. The van der Waals surface area contributed by atoms with Crippen molar-refractivity contribution in [2.45, 2.75) is 6.92 Å². The average Bonchev–Trinajstić information content (AvgIpc) is 2.58. The third-order valence-electron chi connectivity index (χ3n) is 3.96. The zero-order chi connectivity index (χ0) is 15.4. The second-order valence-electron chi connectivity index (χ2n) is 5.32. The van der Waals surface area contributed by atoms with Crippen LogP contribution in [0.4, 0.5) is 0 Å². The van der Waals surface area contributed by atoms with Gasteiger partial charge in [0.25, 0.3) is 0 Å². The minimum Gasteiger partial charge on any atom is -0.305 e. The zero-order valence-electron chi connectivity index (χ0n) is 12.7. The maximum Gasteiger partial charge on any atom is -0.00466 e. The molecule has 0 amide bonds. The lowest BCUT2D eigenvalue weighted by atomic mass is 10.4. The second-order valence-corrected chi connectivity index (χ2v) is 8.92. The summed E-state index contributed by atoms with van der Waals surface area (Å²) in [6.45, 7) is 0.126. The van der Waals surface area contributed by atoms with Crippen LogP contribution < -0.4 is 21.6 Å². The maximum absolute atomic E-state index is 6.53. The molecule has 110 valence electrons. The van der Waals surface area contributed by atoms with Crippen molar-refractivity contribution >= 4 is 28.2 Å². The van der Waals surface area contributed by atoms with Crippen molar-refractivity contribution in [2.75, 3.05) is 0 Å². The second kappa shape index (κ2) is 6.36. The molecular weight excluding hydrogens is 285 g/mol. The van der Waals surface area contributed by atoms with E-state index in [4.69, 9.17) is 5.73 Å². The van der Waals surface area contributed by atoms with Gasteiger partial charge in [-0.25, -0.2) is 0 Å². The molecule has 0 saturated heterocycles. The fraction of sp³-hybridized carbons (Fsp3) is 0.0500. The molecule has 0 unspecified atom stereocenters. The van der Waals surface area contributed by atoms with Gasteiger partial charge in [0.05, 0.1) is 0 Å². The van der Waals surface area contributed by atoms with Gasteiger partial charge in [-0.1, -0.05) is 91.0 Å². The fourth-order valence-corrected chi connectivity index (χ4v) is 6.99. The number of hydrogen-bond donors (Lipinski definition) is 1. The first kappa shape index (κ1) is 14.8. The summed E-state index contributed by atoms with van der Waals surface area (Å²) in [6, 6.07) is 31.9. The molecule has 0 spiro atoms. The summed E-state index contributed by atoms with van der Waals surface area (Å²) in [5.41, 5.74) is 7.52. The van der Waals surface area contributed by atoms with E-state index in [1.54, 1.807) is 0 Å². The van der Waals surface area contributed by atoms with E-state index in [2.05, 4.69) is 97.9 Å². The van der Waals surface area contributed by atoms with Gasteiger partial charge in [-0.05, 0) is 35.1 Å². The lowest BCUT2D eigenvalue weighted by Gasteiger charge is -2.30. The summed E-state index contributed by atoms with van der Waals surface area (Å²) in [4.78, 5) is 0. The third-order valence-corrected chi connectivity index (χ3v) is 8.24. The van der Waals surface area contributed by atoms with Crippen LogP contribution in [0.15, 0.2) is 91.0 Å². The fourth-order valence-electron chi connectivity index (χ4n) is 3.01. The van der Waals surface area contributed by atoms with Gasteiger partial charge in [0.2, 0.25) is 0 Å². The van der Waals surface area contributed by atoms with Gasteiger partial charge >= 0.3 is 0 Å². The van der Waals surface area contributed by atoms with Crippen molar-refractivity contribution in [3.05, 3.63) is 91.0 Å². The van der Waals surface area contributed by atoms with Crippen molar-refractivity contribution in [3.8, 4) is 0 Å². The Morgan fingerprint density at radius 3 is 1.09 bits per heavy atom. The van der Waals surface area contributed by atoms with Gasteiger partial charge < -0.3 is 5.73 Å². The lowest BCUT2D eigenvalue weighted by molar-refractivity contribution is 1.69. The van der Waals surface area contributed by atoms with E-state index >= 15 is 0 Å². The van der Waals surface area contributed by atoms with Gasteiger partial charge in [-0.15, -0.1) is 0 Å². The summed E-state index contributed by atoms with van der Waals surface area (Å²) < 4.78 is 0. The highest BCUT2D eigenvalue weighted by Crippen LogP contribution is 2.44. The molecule has 0 aliphatic rings. The molecule has 2 heteroatoms. The van der Waals surface area contributed by atoms with E-state index in [1.165, 1.54) is 15.9 Å². The van der Waals surface area contributed by atoms with E-state index in [0.717, 1.165) is 5.42 Å². The molecule has 0 heterocycles. The quantitative estimate of drug-likeness (QED) is 0.739. The molecule has 0 radical (unpaired) electrons. The Balaban J connectivity index is 2.44. The SMILES string of the molecule is CC(N)=P(c1ccccc1)(c1ccccc1)c1ccccc1. The molecule has 1 nitrogen and oxygen atoms in total. The molecule has 3 rings (SSSR count). The molecule has 0 saturated carbocycles. The molecule has 0 atom stereocenters. The zero-order valence-corrected chi connectivity index (χ0v) is 13.6. The Hall–Kier alpha value is -2.08. The van der Waals surface area contributed by atoms with Crippen molar-refractivity contribution in [2.24, 2.45) is 5.73 Å². The smallest absolute Gasteiger partial charge is 0.00466 e. The van der Waals surface area contributed by atoms with Crippen LogP contribution in [-0.2, 0) is 0 Å². The van der Waals surface area contributed by atoms with E-state index < -0.39 is 6.89 Å². The number of nitrogens with two attached hydrogens (primary N) is 1. The molecular formula is C20H20NP. The molecule has 0 fully saturated rings. The normalized spacial score (nSPS) is 11.2. The van der Waals surface area contributed by atoms with E-state index in [9.17, 15) is 0 Å². The number of hydrogen-bond acceptors (Lipinski definition) is 0. The van der Waals surface area contributed by atoms with Gasteiger partial charge in [-0.3, -0.25) is 0 Å². The van der Waals surface area contributed by atoms with E-state index in [1.807, 2.05) is 0 Å². The predicted octanol–water partition coefficient (Wildman–Crippen LogP) is 3.09. The minimum atomic E-state index is -1.93. The minimum absolute atomic E-state index is 0.983.